The molecule has 0 amide bonds. The molecule has 0 spiro atoms. The van der Waals surface area contributed by atoms with E-state index in [0.29, 0.717) is 0 Å². The van der Waals surface area contributed by atoms with E-state index in [1.807, 2.05) is 0 Å². The van der Waals surface area contributed by atoms with E-state index < -0.39 is 0 Å². The van der Waals surface area contributed by atoms with Gasteiger partial charge >= 0.3 is 52.4 Å². The average Bonchev–Trinajstić information content (AvgIpc) is 3.75. The molecule has 0 bridgehead atoms. The van der Waals surface area contributed by atoms with Crippen molar-refractivity contribution >= 4 is 43.1 Å². The summed E-state index contributed by atoms with van der Waals surface area (Å²) in [6, 6.07) is 43.6. The van der Waals surface area contributed by atoms with Crippen LogP contribution in [-0.2, 0) is 52.4 Å². The maximum Gasteiger partial charge on any atom is 2.00 e. The smallest absolute Gasteiger partial charge is 1.00 e. The van der Waals surface area contributed by atoms with E-state index in [2.05, 4.69) is 177 Å². The standard InChI is InChI=1S/4C11H11.2FH.2Zr/c4*1-8-6-10-5-3-4-9(2)11(10)7-8;;;;/h4*3-7H,1-2H3;2*1H;;/q4*-1;;;2*+2/p-2. The number of fused-ring (bicyclic) bond motifs is 4. The Hall–Kier alpha value is -3.05. The van der Waals surface area contributed by atoms with Gasteiger partial charge in [-0.2, -0.15) is 24.3 Å². The maximum atomic E-state index is 2.24. The molecule has 0 atom stereocenters. The molecule has 0 saturated carbocycles. The Morgan fingerprint density at radius 2 is 0.500 bits per heavy atom. The molecule has 0 aliphatic heterocycles. The molecule has 4 heteroatoms. The van der Waals surface area contributed by atoms with Crippen LogP contribution in [0.4, 0.5) is 0 Å². The van der Waals surface area contributed by atoms with Gasteiger partial charge in [-0.05, 0) is 27.7 Å². The third-order valence-corrected chi connectivity index (χ3v) is 8.45. The number of hydrogen-bond acceptors (Lipinski definition) is 0. The predicted octanol–water partition coefficient (Wildman–Crippen LogP) is 6.71. The molecule has 0 aliphatic carbocycles. The van der Waals surface area contributed by atoms with E-state index in [9.17, 15) is 0 Å². The number of hydrogen-bond donors (Lipinski definition) is 0. The normalized spacial score (nSPS) is 9.83. The van der Waals surface area contributed by atoms with Crippen molar-refractivity contribution in [1.82, 2.24) is 0 Å². The van der Waals surface area contributed by atoms with Gasteiger partial charge in [-0.25, -0.2) is 0 Å². The fourth-order valence-corrected chi connectivity index (χ4v) is 6.16. The SMILES string of the molecule is Cc1cc2c(C)cccc2[cH-]1.Cc1cc2c(C)cccc2[cH-]1.Cc1cc2c(C)cccc2[cH-]1.Cc1cc2c(C)cccc2[cH-]1.[F-].[F-].[Zr+2].[Zr+2]. The van der Waals surface area contributed by atoms with Gasteiger partial charge in [0, 0.05) is 0 Å². The van der Waals surface area contributed by atoms with Gasteiger partial charge in [-0.15, -0.1) is 138 Å². The molecule has 0 aliphatic rings. The third kappa shape index (κ3) is 10.5. The van der Waals surface area contributed by atoms with Crippen molar-refractivity contribution < 1.29 is 61.8 Å². The van der Waals surface area contributed by atoms with E-state index >= 15 is 0 Å². The second-order valence-electron chi connectivity index (χ2n) is 12.4. The molecule has 244 valence electrons. The average molecular weight is 793 g/mol. The third-order valence-electron chi connectivity index (χ3n) is 8.45. The van der Waals surface area contributed by atoms with Gasteiger partial charge in [0.25, 0.3) is 0 Å². The first-order valence-corrected chi connectivity index (χ1v) is 15.6. The molecule has 0 N–H and O–H groups in total. The summed E-state index contributed by atoms with van der Waals surface area (Å²) in [4.78, 5) is 0. The zero-order valence-electron chi connectivity index (χ0n) is 29.3. The van der Waals surface area contributed by atoms with Gasteiger partial charge in [0.15, 0.2) is 0 Å². The van der Waals surface area contributed by atoms with Crippen LogP contribution in [0, 0.1) is 55.4 Å². The Balaban J connectivity index is 0.000000311. The maximum absolute atomic E-state index is 2.24. The van der Waals surface area contributed by atoms with Crippen molar-refractivity contribution in [3.05, 3.63) is 166 Å². The molecule has 0 aromatic heterocycles. The van der Waals surface area contributed by atoms with Gasteiger partial charge in [0.1, 0.15) is 0 Å². The van der Waals surface area contributed by atoms with Crippen molar-refractivity contribution in [3.63, 3.8) is 0 Å². The van der Waals surface area contributed by atoms with E-state index in [1.165, 1.54) is 87.6 Å². The van der Waals surface area contributed by atoms with Gasteiger partial charge in [-0.3, -0.25) is 0 Å². The summed E-state index contributed by atoms with van der Waals surface area (Å²) in [5.74, 6) is 0. The van der Waals surface area contributed by atoms with Gasteiger partial charge in [-0.1, -0.05) is 74.2 Å². The molecule has 0 heterocycles. The monoisotopic (exact) mass is 790 g/mol. The van der Waals surface area contributed by atoms with Gasteiger partial charge in [0.2, 0.25) is 0 Å². The van der Waals surface area contributed by atoms with Crippen molar-refractivity contribution in [3.8, 4) is 0 Å². The summed E-state index contributed by atoms with van der Waals surface area (Å²) in [5, 5.41) is 11.0. The second-order valence-corrected chi connectivity index (χ2v) is 12.4. The number of benzene rings is 4. The first-order chi connectivity index (χ1) is 21.1. The zero-order chi connectivity index (χ0) is 31.4. The molecule has 0 radical (unpaired) electrons. The van der Waals surface area contributed by atoms with E-state index in [0.717, 1.165) is 0 Å². The van der Waals surface area contributed by atoms with Crippen LogP contribution in [-0.4, -0.2) is 0 Å². The molecule has 48 heavy (non-hydrogen) atoms. The Kier molecular flexibility index (Phi) is 17.2. The summed E-state index contributed by atoms with van der Waals surface area (Å²) >= 11 is 0. The Labute approximate surface area is 323 Å². The fourth-order valence-electron chi connectivity index (χ4n) is 6.16. The van der Waals surface area contributed by atoms with Crippen molar-refractivity contribution in [2.45, 2.75) is 55.4 Å². The summed E-state index contributed by atoms with van der Waals surface area (Å²) in [7, 11) is 0. The van der Waals surface area contributed by atoms with Crippen LogP contribution < -0.4 is 9.41 Å². The molecule has 8 aromatic rings. The molecule has 0 saturated heterocycles. The summed E-state index contributed by atoms with van der Waals surface area (Å²) < 4.78 is 0. The van der Waals surface area contributed by atoms with Crippen LogP contribution in [0.5, 0.6) is 0 Å². The minimum absolute atomic E-state index is 0. The van der Waals surface area contributed by atoms with Gasteiger partial charge in [0.05, 0.1) is 0 Å². The van der Waals surface area contributed by atoms with Crippen LogP contribution in [0.3, 0.4) is 0 Å². The molecular weight excluding hydrogens is 749 g/mol. The summed E-state index contributed by atoms with van der Waals surface area (Å²) in [6.07, 6.45) is 0. The van der Waals surface area contributed by atoms with Crippen molar-refractivity contribution in [2.75, 3.05) is 0 Å². The van der Waals surface area contributed by atoms with Crippen LogP contribution >= 0.6 is 0 Å². The second kappa shape index (κ2) is 19.2. The fraction of sp³-hybridized carbons (Fsp3) is 0.182. The molecule has 0 unspecified atom stereocenters. The predicted molar refractivity (Wildman–Crippen MR) is 196 cm³/mol. The molecular formula is C44H44F2Zr2-2. The van der Waals surface area contributed by atoms with Crippen LogP contribution in [0.25, 0.3) is 43.1 Å². The Bertz CT molecular complexity index is 1860. The number of aryl methyl sites for hydroxylation is 8. The minimum Gasteiger partial charge on any atom is -1.00 e. The van der Waals surface area contributed by atoms with Crippen molar-refractivity contribution in [1.29, 1.82) is 0 Å². The zero-order valence-corrected chi connectivity index (χ0v) is 34.2. The van der Waals surface area contributed by atoms with Crippen LogP contribution in [0.1, 0.15) is 44.5 Å². The largest absolute Gasteiger partial charge is 2.00 e. The first kappa shape index (κ1) is 43.0. The van der Waals surface area contributed by atoms with E-state index in [4.69, 9.17) is 0 Å². The van der Waals surface area contributed by atoms with E-state index in [-0.39, 0.29) is 61.8 Å². The first-order valence-electron chi connectivity index (χ1n) is 15.6. The van der Waals surface area contributed by atoms with Crippen molar-refractivity contribution in [2.24, 2.45) is 0 Å². The topological polar surface area (TPSA) is 0 Å². The summed E-state index contributed by atoms with van der Waals surface area (Å²) in [5.41, 5.74) is 10.9. The molecule has 8 aromatic carbocycles. The minimum atomic E-state index is 0. The van der Waals surface area contributed by atoms with Crippen LogP contribution in [0.15, 0.2) is 121 Å². The molecule has 8 rings (SSSR count). The Morgan fingerprint density at radius 3 is 0.667 bits per heavy atom. The van der Waals surface area contributed by atoms with Crippen LogP contribution in [0.2, 0.25) is 0 Å². The summed E-state index contributed by atoms with van der Waals surface area (Å²) in [6.45, 7) is 17.2. The Morgan fingerprint density at radius 1 is 0.312 bits per heavy atom. The van der Waals surface area contributed by atoms with Gasteiger partial charge < -0.3 is 9.41 Å². The number of halogens is 2. The molecule has 0 nitrogen and oxygen atoms in total. The quantitative estimate of drug-likeness (QED) is 0.150. The number of rotatable bonds is 0. The van der Waals surface area contributed by atoms with E-state index in [1.54, 1.807) is 0 Å². The molecule has 0 fully saturated rings.